The molecule has 196 valence electrons. The van der Waals surface area contributed by atoms with Crippen molar-refractivity contribution in [2.75, 3.05) is 49.6 Å². The number of ether oxygens (including phenoxy) is 1. The molecule has 0 spiro atoms. The molecule has 1 amide bonds. The zero-order valence-corrected chi connectivity index (χ0v) is 22.1. The van der Waals surface area contributed by atoms with Gasteiger partial charge >= 0.3 is 0 Å². The maximum Gasteiger partial charge on any atom is 0.300 e. The number of anilines is 2. The Balaban J connectivity index is 1.58. The van der Waals surface area contributed by atoms with Gasteiger partial charge in [0.25, 0.3) is 11.7 Å². The first kappa shape index (κ1) is 25.8. The number of pyridine rings is 1. The quantitative estimate of drug-likeness (QED) is 0.284. The van der Waals surface area contributed by atoms with Gasteiger partial charge in [0.1, 0.15) is 11.5 Å². The van der Waals surface area contributed by atoms with Crippen LogP contribution in [0, 0.1) is 0 Å². The fraction of sp³-hybridized carbons (Fsp3) is 0.276. The Morgan fingerprint density at radius 2 is 1.76 bits per heavy atom. The Labute approximate surface area is 226 Å². The van der Waals surface area contributed by atoms with E-state index < -0.39 is 17.7 Å². The number of hydrogen-bond donors (Lipinski definition) is 1. The molecule has 0 bridgehead atoms. The van der Waals surface area contributed by atoms with Crippen LogP contribution in [0.5, 0.6) is 5.75 Å². The van der Waals surface area contributed by atoms with Gasteiger partial charge in [0.2, 0.25) is 0 Å². The smallest absolute Gasteiger partial charge is 0.300 e. The van der Waals surface area contributed by atoms with Crippen molar-refractivity contribution in [2.24, 2.45) is 0 Å². The number of amides is 1. The van der Waals surface area contributed by atoms with Gasteiger partial charge in [-0.2, -0.15) is 0 Å². The fourth-order valence-corrected chi connectivity index (χ4v) is 5.14. The predicted molar refractivity (Wildman–Crippen MR) is 148 cm³/mol. The van der Waals surface area contributed by atoms with Gasteiger partial charge < -0.3 is 19.6 Å². The molecule has 5 rings (SSSR count). The second-order valence-corrected chi connectivity index (χ2v) is 9.74. The largest absolute Gasteiger partial charge is 0.507 e. The van der Waals surface area contributed by atoms with Gasteiger partial charge in [-0.1, -0.05) is 17.7 Å². The van der Waals surface area contributed by atoms with Crippen molar-refractivity contribution in [1.29, 1.82) is 0 Å². The van der Waals surface area contributed by atoms with E-state index >= 15 is 0 Å². The van der Waals surface area contributed by atoms with Crippen molar-refractivity contribution in [3.05, 3.63) is 88.7 Å². The topological polar surface area (TPSA) is 86.2 Å². The van der Waals surface area contributed by atoms with Gasteiger partial charge in [-0.25, -0.2) is 0 Å². The van der Waals surface area contributed by atoms with E-state index in [1.54, 1.807) is 42.7 Å². The minimum Gasteiger partial charge on any atom is -0.507 e. The van der Waals surface area contributed by atoms with Crippen LogP contribution in [0.2, 0.25) is 5.02 Å². The Hall–Kier alpha value is -3.88. The molecule has 0 radical (unpaired) electrons. The lowest BCUT2D eigenvalue weighted by molar-refractivity contribution is -0.132. The van der Waals surface area contributed by atoms with Gasteiger partial charge in [-0.15, -0.1) is 0 Å². The highest BCUT2D eigenvalue weighted by Crippen LogP contribution is 2.43. The molecule has 1 atom stereocenters. The van der Waals surface area contributed by atoms with Crippen LogP contribution in [-0.2, 0) is 9.59 Å². The summed E-state index contributed by atoms with van der Waals surface area (Å²) in [5, 5.41) is 11.7. The summed E-state index contributed by atoms with van der Waals surface area (Å²) in [5.41, 5.74) is 2.35. The van der Waals surface area contributed by atoms with Gasteiger partial charge in [0.05, 0.1) is 23.2 Å². The molecular formula is C29H29ClN4O4. The molecule has 0 aliphatic carbocycles. The average molecular weight is 533 g/mol. The number of carbonyl (C=O) groups is 2. The number of rotatable bonds is 6. The van der Waals surface area contributed by atoms with E-state index in [-0.39, 0.29) is 21.9 Å². The third-order valence-corrected chi connectivity index (χ3v) is 7.27. The Bertz CT molecular complexity index is 1370. The third-order valence-electron chi connectivity index (χ3n) is 6.94. The highest BCUT2D eigenvalue weighted by molar-refractivity contribution is 6.52. The monoisotopic (exact) mass is 532 g/mol. The Morgan fingerprint density at radius 3 is 2.42 bits per heavy atom. The van der Waals surface area contributed by atoms with E-state index in [0.717, 1.165) is 31.9 Å². The number of aliphatic hydroxyl groups is 1. The number of Topliss-reactive ketones (excluding diaryl/α,β-unsaturated/α-hetero) is 1. The Morgan fingerprint density at radius 1 is 1.05 bits per heavy atom. The molecule has 2 aromatic carbocycles. The molecule has 2 saturated heterocycles. The predicted octanol–water partition coefficient (Wildman–Crippen LogP) is 4.51. The standard InChI is InChI=1S/C29H29ClN4O4/c1-3-38-22-10-11-24(30)23(17-22)27(35)25-26(19-5-4-12-31-18-19)34(29(37)28(25)36)21-8-6-20(7-9-21)33-15-13-32(2)14-16-33/h4-12,17-18,26,35H,3,13-16H2,1-2H3/b27-25+. The van der Waals surface area contributed by atoms with Gasteiger partial charge in [-0.3, -0.25) is 19.5 Å². The van der Waals surface area contributed by atoms with Crippen LogP contribution in [0.1, 0.15) is 24.1 Å². The molecule has 2 fully saturated rings. The molecular weight excluding hydrogens is 504 g/mol. The van der Waals surface area contributed by atoms with Crippen LogP contribution < -0.4 is 14.5 Å². The van der Waals surface area contributed by atoms with Gasteiger partial charge in [0.15, 0.2) is 0 Å². The first-order valence-electron chi connectivity index (χ1n) is 12.6. The van der Waals surface area contributed by atoms with E-state index in [2.05, 4.69) is 21.8 Å². The minimum atomic E-state index is -0.884. The summed E-state index contributed by atoms with van der Waals surface area (Å²) in [6.45, 7) is 6.05. The number of benzene rings is 2. The van der Waals surface area contributed by atoms with Crippen LogP contribution in [0.3, 0.4) is 0 Å². The highest BCUT2D eigenvalue weighted by Gasteiger charge is 2.47. The van der Waals surface area contributed by atoms with Crippen molar-refractivity contribution in [2.45, 2.75) is 13.0 Å². The highest BCUT2D eigenvalue weighted by atomic mass is 35.5. The second-order valence-electron chi connectivity index (χ2n) is 9.34. The number of aliphatic hydroxyl groups excluding tert-OH is 1. The maximum atomic E-state index is 13.4. The summed E-state index contributed by atoms with van der Waals surface area (Å²) in [4.78, 5) is 37.1. The van der Waals surface area contributed by atoms with Crippen LogP contribution in [0.25, 0.3) is 5.76 Å². The number of piperazine rings is 1. The molecule has 8 nitrogen and oxygen atoms in total. The number of carbonyl (C=O) groups excluding carboxylic acids is 2. The molecule has 1 N–H and O–H groups in total. The van der Waals surface area contributed by atoms with E-state index in [9.17, 15) is 14.7 Å². The van der Waals surface area contributed by atoms with Crippen molar-refractivity contribution >= 4 is 40.4 Å². The summed E-state index contributed by atoms with van der Waals surface area (Å²) >= 11 is 6.42. The lowest BCUT2D eigenvalue weighted by atomic mass is 9.96. The summed E-state index contributed by atoms with van der Waals surface area (Å²) in [7, 11) is 2.11. The van der Waals surface area contributed by atoms with Gasteiger partial charge in [-0.05, 0) is 68.1 Å². The van der Waals surface area contributed by atoms with Crippen molar-refractivity contribution in [1.82, 2.24) is 9.88 Å². The van der Waals surface area contributed by atoms with Crippen molar-refractivity contribution < 1.29 is 19.4 Å². The van der Waals surface area contributed by atoms with E-state index in [1.807, 2.05) is 31.2 Å². The number of aromatic nitrogens is 1. The normalized spacial score (nSPS) is 19.7. The number of likely N-dealkylation sites (N-methyl/N-ethyl adjacent to an activating group) is 1. The summed E-state index contributed by atoms with van der Waals surface area (Å²) in [5.74, 6) is -1.40. The van der Waals surface area contributed by atoms with Crippen LogP contribution in [0.4, 0.5) is 11.4 Å². The first-order chi connectivity index (χ1) is 18.4. The van der Waals surface area contributed by atoms with E-state index in [0.29, 0.717) is 23.6 Å². The zero-order valence-electron chi connectivity index (χ0n) is 21.3. The number of hydrogen-bond acceptors (Lipinski definition) is 7. The van der Waals surface area contributed by atoms with Crippen LogP contribution in [-0.4, -0.2) is 66.5 Å². The fourth-order valence-electron chi connectivity index (χ4n) is 4.93. The van der Waals surface area contributed by atoms with Gasteiger partial charge in [0, 0.05) is 55.5 Å². The van der Waals surface area contributed by atoms with Crippen LogP contribution in [0.15, 0.2) is 72.6 Å². The first-order valence-corrected chi connectivity index (χ1v) is 12.9. The summed E-state index contributed by atoms with van der Waals surface area (Å²) in [6.07, 6.45) is 3.20. The Kier molecular flexibility index (Phi) is 7.35. The number of ketones is 1. The molecule has 9 heteroatoms. The average Bonchev–Trinajstić information content (AvgIpc) is 3.20. The molecule has 2 aliphatic rings. The zero-order chi connectivity index (χ0) is 26.8. The van der Waals surface area contributed by atoms with Crippen molar-refractivity contribution in [3.8, 4) is 5.75 Å². The minimum absolute atomic E-state index is 0.0540. The van der Waals surface area contributed by atoms with Crippen molar-refractivity contribution in [3.63, 3.8) is 0 Å². The summed E-state index contributed by atoms with van der Waals surface area (Å²) in [6, 6.07) is 15.1. The molecule has 38 heavy (non-hydrogen) atoms. The second kappa shape index (κ2) is 10.8. The maximum absolute atomic E-state index is 13.4. The number of halogens is 1. The molecule has 2 aliphatic heterocycles. The van der Waals surface area contributed by atoms with Crippen LogP contribution >= 0.6 is 11.6 Å². The molecule has 3 heterocycles. The van der Waals surface area contributed by atoms with E-state index in [1.165, 1.54) is 4.90 Å². The lowest BCUT2D eigenvalue weighted by Gasteiger charge is -2.34. The summed E-state index contributed by atoms with van der Waals surface area (Å²) < 4.78 is 5.56. The SMILES string of the molecule is CCOc1ccc(Cl)c(/C(O)=C2\C(=O)C(=O)N(c3ccc(N4CCN(C)CC4)cc3)C2c2cccnc2)c1. The molecule has 3 aromatic rings. The number of nitrogens with zero attached hydrogens (tertiary/aromatic N) is 4. The third kappa shape index (κ3) is 4.85. The molecule has 0 saturated carbocycles. The lowest BCUT2D eigenvalue weighted by Crippen LogP contribution is -2.44. The molecule has 1 aromatic heterocycles. The molecule has 1 unspecified atom stereocenters. The van der Waals surface area contributed by atoms with E-state index in [4.69, 9.17) is 16.3 Å².